The number of carbonyl (C=O) groups is 1. The fraction of sp³-hybridized carbons (Fsp3) is 0.312. The van der Waals surface area contributed by atoms with Gasteiger partial charge in [0.1, 0.15) is 0 Å². The first-order valence-electron chi connectivity index (χ1n) is 7.47. The molecule has 1 fully saturated rings. The standard InChI is InChI=1S/C16H13F3N2O3S/c17-16(18,19)12-4-2-1-3-10(12)9-20(11-5-6-11)15(22)13-7-8-14(25-13)21(23)24/h1-4,7-8,11H,5-6,9H2. The minimum Gasteiger partial charge on any atom is -0.331 e. The molecule has 25 heavy (non-hydrogen) atoms. The van der Waals surface area contributed by atoms with Crippen molar-refractivity contribution in [3.63, 3.8) is 0 Å². The first-order chi connectivity index (χ1) is 11.8. The van der Waals surface area contributed by atoms with Crippen molar-refractivity contribution in [1.29, 1.82) is 0 Å². The Balaban J connectivity index is 1.88. The maximum Gasteiger partial charge on any atom is 0.416 e. The molecule has 1 aliphatic rings. The van der Waals surface area contributed by atoms with E-state index in [0.717, 1.165) is 17.4 Å². The van der Waals surface area contributed by atoms with E-state index < -0.39 is 22.6 Å². The summed E-state index contributed by atoms with van der Waals surface area (Å²) < 4.78 is 39.5. The minimum absolute atomic E-state index is 0.0151. The van der Waals surface area contributed by atoms with Crippen LogP contribution in [0.25, 0.3) is 0 Å². The van der Waals surface area contributed by atoms with E-state index in [1.54, 1.807) is 0 Å². The van der Waals surface area contributed by atoms with Crippen molar-refractivity contribution in [3.05, 3.63) is 62.5 Å². The Morgan fingerprint density at radius 3 is 2.48 bits per heavy atom. The van der Waals surface area contributed by atoms with Gasteiger partial charge >= 0.3 is 11.2 Å². The van der Waals surface area contributed by atoms with Gasteiger partial charge in [-0.2, -0.15) is 13.2 Å². The first kappa shape index (κ1) is 17.4. The summed E-state index contributed by atoms with van der Waals surface area (Å²) in [5.74, 6) is -0.474. The van der Waals surface area contributed by atoms with Gasteiger partial charge in [-0.3, -0.25) is 14.9 Å². The number of nitrogens with zero attached hydrogens (tertiary/aromatic N) is 2. The van der Waals surface area contributed by atoms with Gasteiger partial charge < -0.3 is 4.90 Å². The van der Waals surface area contributed by atoms with Crippen molar-refractivity contribution >= 4 is 22.2 Å². The quantitative estimate of drug-likeness (QED) is 0.576. The monoisotopic (exact) mass is 370 g/mol. The summed E-state index contributed by atoms with van der Waals surface area (Å²) >= 11 is 0.730. The lowest BCUT2D eigenvalue weighted by Crippen LogP contribution is -2.32. The van der Waals surface area contributed by atoms with Crippen LogP contribution in [0, 0.1) is 10.1 Å². The fourth-order valence-corrected chi connectivity index (χ4v) is 3.33. The van der Waals surface area contributed by atoms with E-state index in [-0.39, 0.29) is 28.0 Å². The average Bonchev–Trinajstić information content (AvgIpc) is 3.26. The Hall–Kier alpha value is -2.42. The summed E-state index contributed by atoms with van der Waals surface area (Å²) in [6.45, 7) is -0.176. The normalized spacial score (nSPS) is 14.4. The molecule has 0 saturated heterocycles. The Morgan fingerprint density at radius 2 is 1.92 bits per heavy atom. The topological polar surface area (TPSA) is 63.4 Å². The van der Waals surface area contributed by atoms with Crippen LogP contribution in [-0.4, -0.2) is 21.8 Å². The van der Waals surface area contributed by atoms with Gasteiger partial charge in [0.2, 0.25) is 0 Å². The SMILES string of the molecule is O=C(c1ccc([N+](=O)[O-])s1)N(Cc1ccccc1C(F)(F)F)C1CC1. The molecular weight excluding hydrogens is 357 g/mol. The maximum atomic E-state index is 13.2. The molecule has 0 radical (unpaired) electrons. The van der Waals surface area contributed by atoms with Crippen molar-refractivity contribution in [1.82, 2.24) is 4.90 Å². The molecule has 1 aromatic carbocycles. The molecule has 1 aliphatic carbocycles. The summed E-state index contributed by atoms with van der Waals surface area (Å²) in [5, 5.41) is 10.6. The highest BCUT2D eigenvalue weighted by atomic mass is 32.1. The molecule has 3 rings (SSSR count). The average molecular weight is 370 g/mol. The number of hydrogen-bond donors (Lipinski definition) is 0. The molecule has 1 heterocycles. The molecule has 0 aliphatic heterocycles. The first-order valence-corrected chi connectivity index (χ1v) is 8.29. The lowest BCUT2D eigenvalue weighted by molar-refractivity contribution is -0.380. The van der Waals surface area contributed by atoms with Gasteiger partial charge in [-0.15, -0.1) is 0 Å². The number of halogens is 3. The van der Waals surface area contributed by atoms with E-state index in [9.17, 15) is 28.1 Å². The molecule has 0 bridgehead atoms. The largest absolute Gasteiger partial charge is 0.416 e. The number of hydrogen-bond acceptors (Lipinski definition) is 4. The number of nitro groups is 1. The number of amides is 1. The van der Waals surface area contributed by atoms with Crippen molar-refractivity contribution in [3.8, 4) is 0 Å². The van der Waals surface area contributed by atoms with E-state index in [4.69, 9.17) is 0 Å². The van der Waals surface area contributed by atoms with Crippen molar-refractivity contribution < 1.29 is 22.9 Å². The molecule has 132 valence electrons. The van der Waals surface area contributed by atoms with Gasteiger partial charge in [-0.1, -0.05) is 29.5 Å². The van der Waals surface area contributed by atoms with E-state index in [0.29, 0.717) is 12.8 Å². The Morgan fingerprint density at radius 1 is 1.24 bits per heavy atom. The number of benzene rings is 1. The van der Waals surface area contributed by atoms with Crippen LogP contribution in [-0.2, 0) is 12.7 Å². The third kappa shape index (κ3) is 3.81. The van der Waals surface area contributed by atoms with E-state index >= 15 is 0 Å². The van der Waals surface area contributed by atoms with Crippen LogP contribution in [0.4, 0.5) is 18.2 Å². The van der Waals surface area contributed by atoms with Crippen LogP contribution >= 0.6 is 11.3 Å². The van der Waals surface area contributed by atoms with Crippen LogP contribution in [0.15, 0.2) is 36.4 Å². The molecule has 9 heteroatoms. The van der Waals surface area contributed by atoms with E-state index in [2.05, 4.69) is 0 Å². The highest BCUT2D eigenvalue weighted by molar-refractivity contribution is 7.17. The molecular formula is C16H13F3N2O3S. The van der Waals surface area contributed by atoms with Gasteiger partial charge in [0.05, 0.1) is 15.4 Å². The second kappa shape index (κ2) is 6.47. The molecule has 5 nitrogen and oxygen atoms in total. The van der Waals surface area contributed by atoms with Gasteiger partial charge in [-0.25, -0.2) is 0 Å². The number of rotatable bonds is 5. The fourth-order valence-electron chi connectivity index (χ4n) is 2.55. The Bertz CT molecular complexity index is 815. The van der Waals surface area contributed by atoms with Gasteiger partial charge in [0.15, 0.2) is 0 Å². The second-order valence-electron chi connectivity index (χ2n) is 5.71. The predicted molar refractivity (Wildman–Crippen MR) is 85.3 cm³/mol. The molecule has 1 amide bonds. The molecule has 0 N–H and O–H groups in total. The van der Waals surface area contributed by atoms with Crippen LogP contribution in [0.1, 0.15) is 33.6 Å². The summed E-state index contributed by atoms with van der Waals surface area (Å²) in [4.78, 5) is 24.4. The summed E-state index contributed by atoms with van der Waals surface area (Å²) in [7, 11) is 0. The molecule has 0 unspecified atom stereocenters. The minimum atomic E-state index is -4.50. The zero-order chi connectivity index (χ0) is 18.2. The third-order valence-electron chi connectivity index (χ3n) is 3.89. The molecule has 0 atom stereocenters. The van der Waals surface area contributed by atoms with Crippen molar-refractivity contribution in [2.45, 2.75) is 31.6 Å². The third-order valence-corrected chi connectivity index (χ3v) is 4.92. The zero-order valence-electron chi connectivity index (χ0n) is 12.8. The van der Waals surface area contributed by atoms with Gasteiger partial charge in [-0.05, 0) is 30.5 Å². The number of alkyl halides is 3. The highest BCUT2D eigenvalue weighted by Gasteiger charge is 2.37. The van der Waals surface area contributed by atoms with Crippen molar-refractivity contribution in [2.24, 2.45) is 0 Å². The van der Waals surface area contributed by atoms with Crippen LogP contribution in [0.5, 0.6) is 0 Å². The molecule has 1 aromatic heterocycles. The van der Waals surface area contributed by atoms with Gasteiger partial charge in [0, 0.05) is 18.7 Å². The van der Waals surface area contributed by atoms with Crippen molar-refractivity contribution in [2.75, 3.05) is 0 Å². The molecule has 1 saturated carbocycles. The summed E-state index contributed by atoms with van der Waals surface area (Å²) in [6, 6.07) is 7.58. The lowest BCUT2D eigenvalue weighted by Gasteiger charge is -2.23. The number of thiophene rings is 1. The molecule has 0 spiro atoms. The Labute approximate surface area is 144 Å². The van der Waals surface area contributed by atoms with Crippen LogP contribution in [0.2, 0.25) is 0 Å². The Kier molecular flexibility index (Phi) is 4.51. The van der Waals surface area contributed by atoms with Crippen LogP contribution in [0.3, 0.4) is 0 Å². The highest BCUT2D eigenvalue weighted by Crippen LogP contribution is 2.36. The second-order valence-corrected chi connectivity index (χ2v) is 6.78. The smallest absolute Gasteiger partial charge is 0.331 e. The molecule has 2 aromatic rings. The summed E-state index contributed by atoms with van der Waals surface area (Å²) in [5.41, 5.74) is -0.757. The maximum absolute atomic E-state index is 13.2. The van der Waals surface area contributed by atoms with Gasteiger partial charge in [0.25, 0.3) is 5.91 Å². The van der Waals surface area contributed by atoms with E-state index in [1.165, 1.54) is 35.2 Å². The van der Waals surface area contributed by atoms with E-state index in [1.807, 2.05) is 0 Å². The lowest BCUT2D eigenvalue weighted by atomic mass is 10.1. The number of carbonyl (C=O) groups excluding carboxylic acids is 1. The predicted octanol–water partition coefficient (Wildman–Crippen LogP) is 4.48. The summed E-state index contributed by atoms with van der Waals surface area (Å²) in [6.07, 6.45) is -3.07. The zero-order valence-corrected chi connectivity index (χ0v) is 13.6. The van der Waals surface area contributed by atoms with Crippen LogP contribution < -0.4 is 0 Å².